The van der Waals surface area contributed by atoms with Crippen LogP contribution >= 0.6 is 12.6 Å². The standard InChI is InChI=1S/C16H28N4O8S/c1-7(2)12(15(26)18-9(5-21)16(27)28)20-14(25)10(6-29)19-13(24)8(17)3-4-11(22)23/h7-10,12,21,29H,3-6,17H2,1-2H3,(H,18,26)(H,19,24)(H,20,25)(H,22,23)(H,27,28). The molecule has 0 aliphatic rings. The summed E-state index contributed by atoms with van der Waals surface area (Å²) >= 11 is 3.98. The molecule has 3 amide bonds. The fourth-order valence-electron chi connectivity index (χ4n) is 2.12. The Labute approximate surface area is 173 Å². The van der Waals surface area contributed by atoms with Gasteiger partial charge < -0.3 is 37.0 Å². The quantitative estimate of drug-likeness (QED) is 0.141. The van der Waals surface area contributed by atoms with Crippen LogP contribution in [0.5, 0.6) is 0 Å². The Morgan fingerprint density at radius 1 is 0.931 bits per heavy atom. The molecule has 0 aliphatic heterocycles. The molecule has 0 bridgehead atoms. The molecule has 0 radical (unpaired) electrons. The molecule has 13 heteroatoms. The lowest BCUT2D eigenvalue weighted by atomic mass is 10.0. The van der Waals surface area contributed by atoms with Crippen molar-refractivity contribution in [1.82, 2.24) is 16.0 Å². The number of carbonyl (C=O) groups excluding carboxylic acids is 3. The maximum Gasteiger partial charge on any atom is 0.328 e. The van der Waals surface area contributed by atoms with Crippen molar-refractivity contribution >= 4 is 42.3 Å². The summed E-state index contributed by atoms with van der Waals surface area (Å²) in [7, 11) is 0. The minimum absolute atomic E-state index is 0.128. The average molecular weight is 436 g/mol. The predicted octanol–water partition coefficient (Wildman–Crippen LogP) is -2.70. The highest BCUT2D eigenvalue weighted by Gasteiger charge is 2.31. The SMILES string of the molecule is CC(C)C(NC(=O)C(CS)NC(=O)C(N)CCC(=O)O)C(=O)NC(CO)C(=O)O. The van der Waals surface area contributed by atoms with Gasteiger partial charge in [0.25, 0.3) is 0 Å². The molecule has 0 fully saturated rings. The molecule has 0 rings (SSSR count). The number of nitrogens with two attached hydrogens (primary N) is 1. The van der Waals surface area contributed by atoms with E-state index in [0.29, 0.717) is 0 Å². The second-order valence-electron chi connectivity index (χ2n) is 6.59. The van der Waals surface area contributed by atoms with Crippen LogP contribution in [-0.4, -0.2) is 81.5 Å². The lowest BCUT2D eigenvalue weighted by Crippen LogP contribution is -2.59. The van der Waals surface area contributed by atoms with E-state index in [-0.39, 0.29) is 18.6 Å². The average Bonchev–Trinajstić information content (AvgIpc) is 2.64. The second-order valence-corrected chi connectivity index (χ2v) is 6.96. The van der Waals surface area contributed by atoms with E-state index in [1.54, 1.807) is 13.8 Å². The Morgan fingerprint density at radius 3 is 1.90 bits per heavy atom. The highest BCUT2D eigenvalue weighted by Crippen LogP contribution is 2.04. The van der Waals surface area contributed by atoms with Crippen LogP contribution in [0, 0.1) is 5.92 Å². The molecule has 0 saturated heterocycles. The van der Waals surface area contributed by atoms with E-state index in [1.165, 1.54) is 0 Å². The van der Waals surface area contributed by atoms with Crippen molar-refractivity contribution in [2.45, 2.75) is 50.9 Å². The number of nitrogens with one attached hydrogen (secondary N) is 3. The van der Waals surface area contributed by atoms with Gasteiger partial charge in [-0.05, 0) is 12.3 Å². The van der Waals surface area contributed by atoms with Gasteiger partial charge in [-0.3, -0.25) is 19.2 Å². The summed E-state index contributed by atoms with van der Waals surface area (Å²) in [5.74, 6) is -5.47. The van der Waals surface area contributed by atoms with E-state index >= 15 is 0 Å². The van der Waals surface area contributed by atoms with Crippen molar-refractivity contribution in [2.75, 3.05) is 12.4 Å². The smallest absolute Gasteiger partial charge is 0.328 e. The van der Waals surface area contributed by atoms with E-state index in [4.69, 9.17) is 21.1 Å². The number of carboxylic acids is 2. The summed E-state index contributed by atoms with van der Waals surface area (Å²) < 4.78 is 0. The molecule has 0 saturated carbocycles. The van der Waals surface area contributed by atoms with Crippen molar-refractivity contribution in [3.63, 3.8) is 0 Å². The number of aliphatic carboxylic acids is 2. The van der Waals surface area contributed by atoms with Gasteiger partial charge in [0.2, 0.25) is 17.7 Å². The first-order valence-corrected chi connectivity index (χ1v) is 9.40. The van der Waals surface area contributed by atoms with Crippen LogP contribution in [-0.2, 0) is 24.0 Å². The molecule has 0 aromatic heterocycles. The predicted molar refractivity (Wildman–Crippen MR) is 104 cm³/mol. The number of rotatable bonds is 13. The Kier molecular flexibility index (Phi) is 11.9. The third-order valence-electron chi connectivity index (χ3n) is 3.87. The van der Waals surface area contributed by atoms with Gasteiger partial charge in [0.1, 0.15) is 18.1 Å². The molecule has 0 aromatic rings. The van der Waals surface area contributed by atoms with E-state index in [9.17, 15) is 24.0 Å². The largest absolute Gasteiger partial charge is 0.481 e. The number of thiol groups is 1. The van der Waals surface area contributed by atoms with Gasteiger partial charge in [-0.2, -0.15) is 12.6 Å². The minimum atomic E-state index is -1.53. The molecule has 0 aliphatic carbocycles. The monoisotopic (exact) mass is 436 g/mol. The van der Waals surface area contributed by atoms with Crippen LogP contribution < -0.4 is 21.7 Å². The summed E-state index contributed by atoms with van der Waals surface area (Å²) in [4.78, 5) is 58.3. The zero-order valence-corrected chi connectivity index (χ0v) is 17.0. The van der Waals surface area contributed by atoms with E-state index < -0.39 is 66.4 Å². The Hall–Kier alpha value is -2.38. The van der Waals surface area contributed by atoms with Crippen LogP contribution in [0.25, 0.3) is 0 Å². The molecular weight excluding hydrogens is 408 g/mol. The van der Waals surface area contributed by atoms with Crippen molar-refractivity contribution in [1.29, 1.82) is 0 Å². The van der Waals surface area contributed by atoms with Gasteiger partial charge in [-0.1, -0.05) is 13.8 Å². The first kappa shape index (κ1) is 26.6. The fourth-order valence-corrected chi connectivity index (χ4v) is 2.38. The highest BCUT2D eigenvalue weighted by atomic mass is 32.1. The third kappa shape index (κ3) is 9.58. The van der Waals surface area contributed by atoms with Crippen molar-refractivity contribution in [3.05, 3.63) is 0 Å². The fraction of sp³-hybridized carbons (Fsp3) is 0.688. The molecule has 4 atom stereocenters. The topological polar surface area (TPSA) is 208 Å². The lowest BCUT2D eigenvalue weighted by molar-refractivity contribution is -0.143. The van der Waals surface area contributed by atoms with Gasteiger partial charge in [-0.25, -0.2) is 4.79 Å². The number of hydrogen-bond donors (Lipinski definition) is 8. The van der Waals surface area contributed by atoms with Crippen LogP contribution in [0.3, 0.4) is 0 Å². The van der Waals surface area contributed by atoms with E-state index in [2.05, 4.69) is 28.6 Å². The Morgan fingerprint density at radius 2 is 1.48 bits per heavy atom. The van der Waals surface area contributed by atoms with E-state index in [0.717, 1.165) is 0 Å². The van der Waals surface area contributed by atoms with E-state index in [1.807, 2.05) is 0 Å². The number of hydrogen-bond acceptors (Lipinski definition) is 8. The maximum atomic E-state index is 12.5. The zero-order valence-electron chi connectivity index (χ0n) is 16.1. The minimum Gasteiger partial charge on any atom is -0.481 e. The van der Waals surface area contributed by atoms with Gasteiger partial charge in [0, 0.05) is 12.2 Å². The van der Waals surface area contributed by atoms with Crippen LogP contribution in [0.2, 0.25) is 0 Å². The first-order chi connectivity index (χ1) is 13.4. The maximum absolute atomic E-state index is 12.5. The molecule has 4 unspecified atom stereocenters. The summed E-state index contributed by atoms with van der Waals surface area (Å²) in [5.41, 5.74) is 5.59. The number of carboxylic acid groups (broad SMARTS) is 2. The molecule has 29 heavy (non-hydrogen) atoms. The van der Waals surface area contributed by atoms with Gasteiger partial charge in [0.15, 0.2) is 0 Å². The molecule has 8 N–H and O–H groups in total. The van der Waals surface area contributed by atoms with Crippen LogP contribution in [0.4, 0.5) is 0 Å². The van der Waals surface area contributed by atoms with Crippen molar-refractivity contribution in [3.8, 4) is 0 Å². The van der Waals surface area contributed by atoms with Crippen LogP contribution in [0.1, 0.15) is 26.7 Å². The summed E-state index contributed by atoms with van der Waals surface area (Å²) in [6, 6.07) is -4.99. The molecule has 12 nitrogen and oxygen atoms in total. The highest BCUT2D eigenvalue weighted by molar-refractivity contribution is 7.80. The molecule has 0 heterocycles. The molecular formula is C16H28N4O8S. The Bertz CT molecular complexity index is 616. The number of aliphatic hydroxyl groups excluding tert-OH is 1. The van der Waals surface area contributed by atoms with Gasteiger partial charge >= 0.3 is 11.9 Å². The third-order valence-corrected chi connectivity index (χ3v) is 4.23. The summed E-state index contributed by atoms with van der Waals surface area (Å²) in [6.45, 7) is 2.38. The van der Waals surface area contributed by atoms with Gasteiger partial charge in [0.05, 0.1) is 12.6 Å². The zero-order chi connectivity index (χ0) is 22.7. The van der Waals surface area contributed by atoms with Gasteiger partial charge in [-0.15, -0.1) is 0 Å². The normalized spacial score (nSPS) is 15.0. The summed E-state index contributed by atoms with van der Waals surface area (Å²) in [5, 5.41) is 33.4. The lowest BCUT2D eigenvalue weighted by Gasteiger charge is -2.26. The molecule has 166 valence electrons. The summed E-state index contributed by atoms with van der Waals surface area (Å²) in [6.07, 6.45) is -0.450. The van der Waals surface area contributed by atoms with Crippen LogP contribution in [0.15, 0.2) is 0 Å². The number of amides is 3. The number of carbonyl (C=O) groups is 5. The Balaban J connectivity index is 5.04. The first-order valence-electron chi connectivity index (χ1n) is 8.77. The molecule has 0 aromatic carbocycles. The second kappa shape index (κ2) is 13.0. The molecule has 0 spiro atoms. The van der Waals surface area contributed by atoms with Crippen molar-refractivity contribution in [2.24, 2.45) is 11.7 Å². The van der Waals surface area contributed by atoms with Crippen molar-refractivity contribution < 1.29 is 39.3 Å². The number of aliphatic hydroxyl groups is 1.